The van der Waals surface area contributed by atoms with Crippen LogP contribution in [0.15, 0.2) is 41.5 Å². The maximum atomic E-state index is 4.42. The third-order valence-corrected chi connectivity index (χ3v) is 4.62. The first kappa shape index (κ1) is 20.2. The van der Waals surface area contributed by atoms with Gasteiger partial charge in [-0.3, -0.25) is 14.9 Å². The van der Waals surface area contributed by atoms with Gasteiger partial charge in [0.2, 0.25) is 0 Å². The molecule has 26 heavy (non-hydrogen) atoms. The van der Waals surface area contributed by atoms with Gasteiger partial charge in [0.05, 0.1) is 5.52 Å². The molecule has 1 aromatic heterocycles. The molecule has 5 nitrogen and oxygen atoms in total. The molecule has 0 saturated carbocycles. The van der Waals surface area contributed by atoms with Gasteiger partial charge in [0.15, 0.2) is 5.96 Å². The Bertz CT molecular complexity index is 695. The fraction of sp³-hybridized carbons (Fsp3) is 0.524. The van der Waals surface area contributed by atoms with E-state index in [1.807, 2.05) is 25.4 Å². The molecule has 0 radical (unpaired) electrons. The number of aromatic nitrogens is 1. The molecule has 0 atom stereocenters. The lowest BCUT2D eigenvalue weighted by Crippen LogP contribution is -2.41. The molecule has 0 aliphatic rings. The molecular weight excluding hydrogens is 322 g/mol. The quantitative estimate of drug-likeness (QED) is 0.433. The molecule has 0 fully saturated rings. The molecule has 5 heteroatoms. The highest BCUT2D eigenvalue weighted by atomic mass is 15.2. The van der Waals surface area contributed by atoms with E-state index in [-0.39, 0.29) is 0 Å². The minimum atomic E-state index is 0.576. The second-order valence-corrected chi connectivity index (χ2v) is 7.12. The average Bonchev–Trinajstić information content (AvgIpc) is 2.63. The molecule has 0 aliphatic carbocycles. The van der Waals surface area contributed by atoms with E-state index < -0.39 is 0 Å². The van der Waals surface area contributed by atoms with Crippen molar-refractivity contribution in [2.75, 3.05) is 20.1 Å². The van der Waals surface area contributed by atoms with E-state index in [0.717, 1.165) is 37.5 Å². The molecule has 142 valence electrons. The molecule has 0 bridgehead atoms. The molecule has 1 aromatic carbocycles. The number of nitrogens with one attached hydrogen (secondary N) is 2. The number of benzene rings is 1. The maximum Gasteiger partial charge on any atom is 0.191 e. The number of hydrogen-bond acceptors (Lipinski definition) is 3. The van der Waals surface area contributed by atoms with Gasteiger partial charge in [0.25, 0.3) is 0 Å². The van der Waals surface area contributed by atoms with E-state index in [1.54, 1.807) is 0 Å². The number of rotatable bonds is 8. The Labute approximate surface area is 157 Å². The van der Waals surface area contributed by atoms with E-state index in [9.17, 15) is 0 Å². The highest BCUT2D eigenvalue weighted by Gasteiger charge is 2.12. The molecule has 2 rings (SSSR count). The van der Waals surface area contributed by atoms with Gasteiger partial charge in [0.1, 0.15) is 0 Å². The van der Waals surface area contributed by atoms with Crippen LogP contribution < -0.4 is 10.6 Å². The fourth-order valence-corrected chi connectivity index (χ4v) is 3.29. The van der Waals surface area contributed by atoms with Crippen molar-refractivity contribution in [2.24, 2.45) is 4.99 Å². The summed E-state index contributed by atoms with van der Waals surface area (Å²) in [6, 6.07) is 11.4. The first-order valence-corrected chi connectivity index (χ1v) is 9.55. The van der Waals surface area contributed by atoms with Crippen molar-refractivity contribution < 1.29 is 0 Å². The van der Waals surface area contributed by atoms with Crippen LogP contribution in [0, 0.1) is 0 Å². The Balaban J connectivity index is 1.83. The SMILES string of the molecule is CN=C(NCCCN(C(C)C)C(C)C)NCc1ccnc2ccccc12. The lowest BCUT2D eigenvalue weighted by atomic mass is 10.1. The first-order chi connectivity index (χ1) is 12.5. The Morgan fingerprint density at radius 3 is 2.50 bits per heavy atom. The predicted octanol–water partition coefficient (Wildman–Crippen LogP) is 3.41. The second-order valence-electron chi connectivity index (χ2n) is 7.12. The first-order valence-electron chi connectivity index (χ1n) is 9.55. The van der Waals surface area contributed by atoms with Gasteiger partial charge in [-0.05, 0) is 51.8 Å². The summed E-state index contributed by atoms with van der Waals surface area (Å²) in [4.78, 5) is 11.3. The summed E-state index contributed by atoms with van der Waals surface area (Å²) in [5.41, 5.74) is 2.25. The average molecular weight is 356 g/mol. The molecule has 0 saturated heterocycles. The predicted molar refractivity (Wildman–Crippen MR) is 112 cm³/mol. The van der Waals surface area contributed by atoms with Crippen molar-refractivity contribution in [3.63, 3.8) is 0 Å². The van der Waals surface area contributed by atoms with Crippen LogP contribution in [0.1, 0.15) is 39.7 Å². The summed E-state index contributed by atoms with van der Waals surface area (Å²) in [6.45, 7) is 11.8. The number of fused-ring (bicyclic) bond motifs is 1. The lowest BCUT2D eigenvalue weighted by Gasteiger charge is -2.30. The Hall–Kier alpha value is -2.14. The number of guanidine groups is 1. The number of para-hydroxylation sites is 1. The van der Waals surface area contributed by atoms with Crippen molar-refractivity contribution in [2.45, 2.75) is 52.7 Å². The minimum Gasteiger partial charge on any atom is -0.356 e. The zero-order valence-electron chi connectivity index (χ0n) is 16.8. The van der Waals surface area contributed by atoms with Crippen LogP contribution in [0.4, 0.5) is 0 Å². The smallest absolute Gasteiger partial charge is 0.191 e. The summed E-state index contributed by atoms with van der Waals surface area (Å²) < 4.78 is 0. The number of nitrogens with zero attached hydrogens (tertiary/aromatic N) is 3. The lowest BCUT2D eigenvalue weighted by molar-refractivity contribution is 0.173. The Kier molecular flexibility index (Phi) is 7.85. The number of hydrogen-bond donors (Lipinski definition) is 2. The fourth-order valence-electron chi connectivity index (χ4n) is 3.29. The molecule has 1 heterocycles. The monoisotopic (exact) mass is 355 g/mol. The van der Waals surface area contributed by atoms with Gasteiger partial charge in [-0.1, -0.05) is 18.2 Å². The summed E-state index contributed by atoms with van der Waals surface area (Å²) in [5, 5.41) is 8.01. The van der Waals surface area contributed by atoms with Crippen molar-refractivity contribution in [1.29, 1.82) is 0 Å². The van der Waals surface area contributed by atoms with Gasteiger partial charge < -0.3 is 10.6 Å². The summed E-state index contributed by atoms with van der Waals surface area (Å²) in [6.07, 6.45) is 2.96. The summed E-state index contributed by atoms with van der Waals surface area (Å²) >= 11 is 0. The highest BCUT2D eigenvalue weighted by molar-refractivity contribution is 5.83. The molecule has 2 N–H and O–H groups in total. The molecule has 0 unspecified atom stereocenters. The van der Waals surface area contributed by atoms with Crippen molar-refractivity contribution in [1.82, 2.24) is 20.5 Å². The molecular formula is C21H33N5. The summed E-state index contributed by atoms with van der Waals surface area (Å²) in [5.74, 6) is 0.839. The Morgan fingerprint density at radius 2 is 1.81 bits per heavy atom. The largest absolute Gasteiger partial charge is 0.356 e. The van der Waals surface area contributed by atoms with Crippen LogP contribution in [0.25, 0.3) is 10.9 Å². The van der Waals surface area contributed by atoms with Gasteiger partial charge in [-0.15, -0.1) is 0 Å². The van der Waals surface area contributed by atoms with Crippen LogP contribution in [-0.4, -0.2) is 48.1 Å². The minimum absolute atomic E-state index is 0.576. The maximum absolute atomic E-state index is 4.42. The molecule has 0 amide bonds. The van der Waals surface area contributed by atoms with Gasteiger partial charge in [-0.2, -0.15) is 0 Å². The Morgan fingerprint density at radius 1 is 1.08 bits per heavy atom. The normalized spacial score (nSPS) is 12.4. The standard InChI is InChI=1S/C21H33N5/c1-16(2)26(17(3)4)14-8-12-24-21(22-5)25-15-18-11-13-23-20-10-7-6-9-19(18)20/h6-7,9-11,13,16-17H,8,12,14-15H2,1-5H3,(H2,22,24,25). The third kappa shape index (κ3) is 5.70. The summed E-state index contributed by atoms with van der Waals surface area (Å²) in [7, 11) is 1.81. The molecule has 2 aromatic rings. The zero-order valence-corrected chi connectivity index (χ0v) is 16.8. The highest BCUT2D eigenvalue weighted by Crippen LogP contribution is 2.15. The van der Waals surface area contributed by atoms with E-state index in [0.29, 0.717) is 12.1 Å². The van der Waals surface area contributed by atoms with Crippen LogP contribution in [0.5, 0.6) is 0 Å². The van der Waals surface area contributed by atoms with E-state index >= 15 is 0 Å². The topological polar surface area (TPSA) is 52.6 Å². The molecule has 0 spiro atoms. The second kappa shape index (κ2) is 10.1. The van der Waals surface area contributed by atoms with E-state index in [2.05, 4.69) is 71.4 Å². The van der Waals surface area contributed by atoms with Gasteiger partial charge >= 0.3 is 0 Å². The van der Waals surface area contributed by atoms with Crippen molar-refractivity contribution >= 4 is 16.9 Å². The van der Waals surface area contributed by atoms with Crippen molar-refractivity contribution in [3.8, 4) is 0 Å². The van der Waals surface area contributed by atoms with E-state index in [4.69, 9.17) is 0 Å². The van der Waals surface area contributed by atoms with Gasteiger partial charge in [-0.25, -0.2) is 0 Å². The number of aliphatic imine (C=N–C) groups is 1. The van der Waals surface area contributed by atoms with Crippen molar-refractivity contribution in [3.05, 3.63) is 42.1 Å². The van der Waals surface area contributed by atoms with Gasteiger partial charge in [0, 0.05) is 50.3 Å². The van der Waals surface area contributed by atoms with Crippen LogP contribution in [0.2, 0.25) is 0 Å². The van der Waals surface area contributed by atoms with E-state index in [1.165, 1.54) is 10.9 Å². The molecule has 0 aliphatic heterocycles. The number of pyridine rings is 1. The van der Waals surface area contributed by atoms with Crippen LogP contribution >= 0.6 is 0 Å². The van der Waals surface area contributed by atoms with Crippen LogP contribution in [-0.2, 0) is 6.54 Å². The third-order valence-electron chi connectivity index (χ3n) is 4.62. The van der Waals surface area contributed by atoms with Crippen LogP contribution in [0.3, 0.4) is 0 Å². The zero-order chi connectivity index (χ0) is 18.9.